The quantitative estimate of drug-likeness (QED) is 0.328. The van der Waals surface area contributed by atoms with Crippen molar-refractivity contribution in [2.75, 3.05) is 0 Å². The summed E-state index contributed by atoms with van der Waals surface area (Å²) in [4.78, 5) is 9.52. The van der Waals surface area contributed by atoms with Gasteiger partial charge < -0.3 is 9.84 Å². The maximum absolute atomic E-state index is 10.8. The molecule has 0 aliphatic heterocycles. The largest absolute Gasteiger partial charge is 0.507 e. The first-order valence-corrected chi connectivity index (χ1v) is 12.4. The van der Waals surface area contributed by atoms with Gasteiger partial charge in [0, 0.05) is 12.0 Å². The fraction of sp³-hybridized carbons (Fsp3) is 0.448. The van der Waals surface area contributed by atoms with Crippen molar-refractivity contribution in [3.63, 3.8) is 0 Å². The van der Waals surface area contributed by atoms with Crippen molar-refractivity contribution in [2.24, 2.45) is 0 Å². The summed E-state index contributed by atoms with van der Waals surface area (Å²) in [5.74, 6) is 1.89. The fourth-order valence-corrected chi connectivity index (χ4v) is 4.26. The van der Waals surface area contributed by atoms with Crippen LogP contribution < -0.4 is 4.74 Å². The standard InChI is InChI=1S/C29H38N2O2/c1-5-8-16-27-26(19-23-17-24(12-6-2)28(32)25(18-23)13-7-3)29(31-21(4)30-27)33-20-22-14-10-9-11-15-22/h9-11,14-15,17-18,32H,5-8,12-13,16,19-20H2,1-4H3. The van der Waals surface area contributed by atoms with E-state index in [0.29, 0.717) is 24.7 Å². The molecule has 0 saturated heterocycles. The van der Waals surface area contributed by atoms with Crippen LogP contribution in [0.1, 0.15) is 85.8 Å². The summed E-state index contributed by atoms with van der Waals surface area (Å²) in [7, 11) is 0. The molecule has 0 saturated carbocycles. The Hall–Kier alpha value is -2.88. The lowest BCUT2D eigenvalue weighted by Gasteiger charge is -2.17. The van der Waals surface area contributed by atoms with Crippen molar-refractivity contribution in [2.45, 2.75) is 85.7 Å². The topological polar surface area (TPSA) is 55.2 Å². The van der Waals surface area contributed by atoms with Crippen molar-refractivity contribution in [1.29, 1.82) is 0 Å². The van der Waals surface area contributed by atoms with Crippen LogP contribution in [-0.4, -0.2) is 15.1 Å². The van der Waals surface area contributed by atoms with E-state index < -0.39 is 0 Å². The number of hydrogen-bond donors (Lipinski definition) is 1. The first-order valence-electron chi connectivity index (χ1n) is 12.4. The molecule has 0 unspecified atom stereocenters. The minimum Gasteiger partial charge on any atom is -0.507 e. The second-order valence-corrected chi connectivity index (χ2v) is 8.82. The second kappa shape index (κ2) is 12.4. The van der Waals surface area contributed by atoms with Crippen molar-refractivity contribution in [1.82, 2.24) is 9.97 Å². The predicted molar refractivity (Wildman–Crippen MR) is 135 cm³/mol. The van der Waals surface area contributed by atoms with Crippen LogP contribution in [0.3, 0.4) is 0 Å². The molecule has 0 spiro atoms. The van der Waals surface area contributed by atoms with Crippen molar-refractivity contribution < 1.29 is 9.84 Å². The van der Waals surface area contributed by atoms with E-state index in [0.717, 1.165) is 78.7 Å². The molecule has 3 aromatic rings. The summed E-state index contributed by atoms with van der Waals surface area (Å²) in [5.41, 5.74) is 6.53. The Labute approximate surface area is 199 Å². The van der Waals surface area contributed by atoms with E-state index in [9.17, 15) is 5.11 Å². The van der Waals surface area contributed by atoms with Gasteiger partial charge in [-0.25, -0.2) is 4.98 Å². The molecule has 0 amide bonds. The molecule has 0 aliphatic carbocycles. The smallest absolute Gasteiger partial charge is 0.220 e. The third kappa shape index (κ3) is 6.80. The Morgan fingerprint density at radius 1 is 0.818 bits per heavy atom. The predicted octanol–water partition coefficient (Wildman–Crippen LogP) is 6.91. The van der Waals surface area contributed by atoms with Gasteiger partial charge in [0.1, 0.15) is 18.2 Å². The van der Waals surface area contributed by atoms with Gasteiger partial charge in [-0.1, -0.05) is 82.5 Å². The molecule has 2 aromatic carbocycles. The lowest BCUT2D eigenvalue weighted by molar-refractivity contribution is 0.288. The number of unbranched alkanes of at least 4 members (excludes halogenated alkanes) is 1. The summed E-state index contributed by atoms with van der Waals surface area (Å²) in [5, 5.41) is 10.8. The van der Waals surface area contributed by atoms with E-state index in [4.69, 9.17) is 14.7 Å². The van der Waals surface area contributed by atoms with Crippen LogP contribution in [0.15, 0.2) is 42.5 Å². The number of benzene rings is 2. The average molecular weight is 447 g/mol. The van der Waals surface area contributed by atoms with Gasteiger partial charge in [-0.05, 0) is 54.9 Å². The maximum Gasteiger partial charge on any atom is 0.220 e. The molecule has 0 radical (unpaired) electrons. The molecule has 1 heterocycles. The van der Waals surface area contributed by atoms with Crippen LogP contribution in [-0.2, 0) is 32.3 Å². The van der Waals surface area contributed by atoms with Gasteiger partial charge in [0.25, 0.3) is 0 Å². The number of rotatable bonds is 12. The summed E-state index contributed by atoms with van der Waals surface area (Å²) in [6, 6.07) is 14.5. The third-order valence-corrected chi connectivity index (χ3v) is 5.90. The molecule has 33 heavy (non-hydrogen) atoms. The summed E-state index contributed by atoms with van der Waals surface area (Å²) < 4.78 is 6.28. The van der Waals surface area contributed by atoms with E-state index in [1.165, 1.54) is 5.56 Å². The minimum absolute atomic E-state index is 0.467. The Balaban J connectivity index is 2.00. The van der Waals surface area contributed by atoms with Crippen LogP contribution in [0.5, 0.6) is 11.6 Å². The van der Waals surface area contributed by atoms with Crippen molar-refractivity contribution >= 4 is 0 Å². The number of aromatic nitrogens is 2. The average Bonchev–Trinajstić information content (AvgIpc) is 2.81. The summed E-state index contributed by atoms with van der Waals surface area (Å²) in [6.07, 6.45) is 7.58. The Bertz CT molecular complexity index is 1000. The van der Waals surface area contributed by atoms with Crippen LogP contribution in [0.4, 0.5) is 0 Å². The molecule has 176 valence electrons. The number of ether oxygens (including phenoxy) is 1. The van der Waals surface area contributed by atoms with Gasteiger partial charge in [0.15, 0.2) is 0 Å². The van der Waals surface area contributed by atoms with Crippen LogP contribution >= 0.6 is 0 Å². The van der Waals surface area contributed by atoms with E-state index in [1.54, 1.807) is 0 Å². The number of nitrogens with zero attached hydrogens (tertiary/aromatic N) is 2. The maximum atomic E-state index is 10.8. The van der Waals surface area contributed by atoms with Gasteiger partial charge in [-0.15, -0.1) is 0 Å². The van der Waals surface area contributed by atoms with Crippen molar-refractivity contribution in [3.8, 4) is 11.6 Å². The molecule has 0 atom stereocenters. The van der Waals surface area contributed by atoms with Gasteiger partial charge in [0.2, 0.25) is 5.88 Å². The van der Waals surface area contributed by atoms with Crippen LogP contribution in [0, 0.1) is 6.92 Å². The van der Waals surface area contributed by atoms with Gasteiger partial charge in [0.05, 0.1) is 5.69 Å². The summed E-state index contributed by atoms with van der Waals surface area (Å²) >= 11 is 0. The lowest BCUT2D eigenvalue weighted by atomic mass is 9.94. The Morgan fingerprint density at radius 2 is 1.48 bits per heavy atom. The number of phenols is 1. The second-order valence-electron chi connectivity index (χ2n) is 8.82. The highest BCUT2D eigenvalue weighted by Crippen LogP contribution is 2.31. The molecule has 0 aliphatic rings. The van der Waals surface area contributed by atoms with Crippen molar-refractivity contribution in [3.05, 3.63) is 81.8 Å². The molecular weight excluding hydrogens is 408 g/mol. The zero-order chi connectivity index (χ0) is 23.6. The lowest BCUT2D eigenvalue weighted by Crippen LogP contribution is -2.09. The Kier molecular flexibility index (Phi) is 9.29. The molecular formula is C29H38N2O2. The SMILES string of the molecule is CCCCc1nc(C)nc(OCc2ccccc2)c1Cc1cc(CCC)c(O)c(CCC)c1. The number of phenolic OH excluding ortho intramolecular Hbond substituents is 1. The third-order valence-electron chi connectivity index (χ3n) is 5.90. The fourth-order valence-electron chi connectivity index (χ4n) is 4.26. The van der Waals surface area contributed by atoms with E-state index >= 15 is 0 Å². The molecule has 0 bridgehead atoms. The first kappa shape index (κ1) is 24.8. The summed E-state index contributed by atoms with van der Waals surface area (Å²) in [6.45, 7) is 8.92. The monoisotopic (exact) mass is 446 g/mol. The van der Waals surface area contributed by atoms with Crippen LogP contribution in [0.2, 0.25) is 0 Å². The molecule has 3 rings (SSSR count). The molecule has 4 heteroatoms. The van der Waals surface area contributed by atoms with Crippen LogP contribution in [0.25, 0.3) is 0 Å². The highest BCUT2D eigenvalue weighted by molar-refractivity contribution is 5.47. The van der Waals surface area contributed by atoms with E-state index in [-0.39, 0.29) is 0 Å². The van der Waals surface area contributed by atoms with Gasteiger partial charge in [-0.2, -0.15) is 4.98 Å². The molecule has 1 N–H and O–H groups in total. The molecule has 0 fully saturated rings. The Morgan fingerprint density at radius 3 is 2.09 bits per heavy atom. The zero-order valence-electron chi connectivity index (χ0n) is 20.7. The van der Waals surface area contributed by atoms with E-state index in [2.05, 4.69) is 45.0 Å². The number of hydrogen-bond acceptors (Lipinski definition) is 4. The highest BCUT2D eigenvalue weighted by Gasteiger charge is 2.17. The molecule has 4 nitrogen and oxygen atoms in total. The van der Waals surface area contributed by atoms with Gasteiger partial charge >= 0.3 is 0 Å². The first-order chi connectivity index (χ1) is 16.0. The normalized spacial score (nSPS) is 11.0. The van der Waals surface area contributed by atoms with Gasteiger partial charge in [-0.3, -0.25) is 0 Å². The number of aromatic hydroxyl groups is 1. The minimum atomic E-state index is 0.467. The number of aryl methyl sites for hydroxylation is 4. The van der Waals surface area contributed by atoms with E-state index in [1.807, 2.05) is 25.1 Å². The molecule has 1 aromatic heterocycles. The highest BCUT2D eigenvalue weighted by atomic mass is 16.5. The zero-order valence-corrected chi connectivity index (χ0v) is 20.7.